The Morgan fingerprint density at radius 1 is 1.21 bits per heavy atom. The molecule has 0 spiro atoms. The van der Waals surface area contributed by atoms with Crippen molar-refractivity contribution in [1.82, 2.24) is 9.88 Å². The van der Waals surface area contributed by atoms with E-state index >= 15 is 0 Å². The Balaban J connectivity index is 1.75. The van der Waals surface area contributed by atoms with Crippen molar-refractivity contribution in [2.45, 2.75) is 50.6 Å². The lowest BCUT2D eigenvalue weighted by Gasteiger charge is -2.33. The fourth-order valence-corrected chi connectivity index (χ4v) is 5.26. The molecule has 1 saturated carbocycles. The summed E-state index contributed by atoms with van der Waals surface area (Å²) >= 11 is 7.56. The van der Waals surface area contributed by atoms with E-state index in [9.17, 15) is 14.0 Å². The summed E-state index contributed by atoms with van der Waals surface area (Å²) in [6.45, 7) is 0. The predicted octanol–water partition coefficient (Wildman–Crippen LogP) is 5.65. The lowest BCUT2D eigenvalue weighted by molar-refractivity contribution is -0.127. The number of anilines is 1. The summed E-state index contributed by atoms with van der Waals surface area (Å²) < 4.78 is 15.8. The molecule has 1 N–H and O–H groups in total. The van der Waals surface area contributed by atoms with Crippen LogP contribution in [-0.4, -0.2) is 22.4 Å². The number of amides is 2. The van der Waals surface area contributed by atoms with Crippen molar-refractivity contribution in [1.29, 1.82) is 0 Å². The van der Waals surface area contributed by atoms with Crippen LogP contribution < -0.4 is 10.2 Å². The first-order chi connectivity index (χ1) is 15.9. The van der Waals surface area contributed by atoms with Gasteiger partial charge in [-0.25, -0.2) is 4.39 Å². The fraction of sp³-hybridized carbons (Fsp3) is 0.360. The van der Waals surface area contributed by atoms with E-state index in [1.807, 2.05) is 47.5 Å². The molecule has 2 amide bonds. The molecule has 1 aliphatic carbocycles. The SMILES string of the molecule is Cn1cccc1C(C(=O)NC1CCCCC1)N(C(=O)Cc1cccs1)c1ccc(F)c(Cl)c1. The first kappa shape index (κ1) is 23.5. The van der Waals surface area contributed by atoms with Gasteiger partial charge in [-0.3, -0.25) is 14.5 Å². The van der Waals surface area contributed by atoms with Gasteiger partial charge < -0.3 is 9.88 Å². The molecule has 1 fully saturated rings. The molecule has 174 valence electrons. The number of nitrogens with one attached hydrogen (secondary N) is 1. The zero-order chi connectivity index (χ0) is 23.4. The quantitative estimate of drug-likeness (QED) is 0.468. The third-order valence-electron chi connectivity index (χ3n) is 6.08. The number of aryl methyl sites for hydroxylation is 1. The maximum atomic E-state index is 14.0. The summed E-state index contributed by atoms with van der Waals surface area (Å²) in [5, 5.41) is 4.99. The molecule has 5 nitrogen and oxygen atoms in total. The van der Waals surface area contributed by atoms with Crippen LogP contribution in [0.15, 0.2) is 54.0 Å². The van der Waals surface area contributed by atoms with Crippen LogP contribution in [0.1, 0.15) is 48.7 Å². The number of rotatable bonds is 7. The van der Waals surface area contributed by atoms with Gasteiger partial charge in [-0.05, 0) is 54.6 Å². The third-order valence-corrected chi connectivity index (χ3v) is 7.24. The largest absolute Gasteiger partial charge is 0.352 e. The van der Waals surface area contributed by atoms with E-state index in [0.29, 0.717) is 11.4 Å². The van der Waals surface area contributed by atoms with E-state index in [0.717, 1.165) is 30.6 Å². The van der Waals surface area contributed by atoms with Gasteiger partial charge in [0.25, 0.3) is 0 Å². The molecule has 8 heteroatoms. The van der Waals surface area contributed by atoms with Crippen LogP contribution in [0.25, 0.3) is 0 Å². The summed E-state index contributed by atoms with van der Waals surface area (Å²) in [5.41, 5.74) is 1.05. The van der Waals surface area contributed by atoms with E-state index < -0.39 is 11.9 Å². The molecule has 1 unspecified atom stereocenters. The first-order valence-corrected chi connectivity index (χ1v) is 12.4. The highest BCUT2D eigenvalue weighted by Gasteiger charge is 2.35. The molecule has 0 bridgehead atoms. The molecule has 0 saturated heterocycles. The Kier molecular flexibility index (Phi) is 7.50. The minimum atomic E-state index is -0.916. The number of halogens is 2. The summed E-state index contributed by atoms with van der Waals surface area (Å²) in [5.74, 6) is -1.08. The summed E-state index contributed by atoms with van der Waals surface area (Å²) in [6.07, 6.45) is 7.16. The maximum Gasteiger partial charge on any atom is 0.249 e. The van der Waals surface area contributed by atoms with Crippen molar-refractivity contribution in [2.24, 2.45) is 7.05 Å². The lowest BCUT2D eigenvalue weighted by Crippen LogP contribution is -2.48. The number of nitrogens with zero attached hydrogens (tertiary/aromatic N) is 2. The van der Waals surface area contributed by atoms with Gasteiger partial charge in [0, 0.05) is 29.9 Å². The van der Waals surface area contributed by atoms with Gasteiger partial charge in [-0.15, -0.1) is 11.3 Å². The van der Waals surface area contributed by atoms with Gasteiger partial charge >= 0.3 is 0 Å². The second-order valence-electron chi connectivity index (χ2n) is 8.41. The summed E-state index contributed by atoms with van der Waals surface area (Å²) in [7, 11) is 1.84. The van der Waals surface area contributed by atoms with Gasteiger partial charge in [-0.1, -0.05) is 36.9 Å². The van der Waals surface area contributed by atoms with Crippen molar-refractivity contribution in [3.8, 4) is 0 Å². The van der Waals surface area contributed by atoms with E-state index in [4.69, 9.17) is 11.6 Å². The molecule has 1 atom stereocenters. The Hall–Kier alpha value is -2.64. The Morgan fingerprint density at radius 3 is 2.64 bits per heavy atom. The molecule has 3 aromatic rings. The Bertz CT molecular complexity index is 1110. The second-order valence-corrected chi connectivity index (χ2v) is 9.85. The average molecular weight is 488 g/mol. The highest BCUT2D eigenvalue weighted by atomic mass is 35.5. The van der Waals surface area contributed by atoms with Crippen LogP contribution >= 0.6 is 22.9 Å². The monoisotopic (exact) mass is 487 g/mol. The molecule has 2 heterocycles. The molecule has 1 aliphatic rings. The van der Waals surface area contributed by atoms with Crippen LogP contribution in [0.3, 0.4) is 0 Å². The van der Waals surface area contributed by atoms with Crippen LogP contribution in [-0.2, 0) is 23.1 Å². The first-order valence-electron chi connectivity index (χ1n) is 11.1. The zero-order valence-corrected chi connectivity index (χ0v) is 20.0. The number of carbonyl (C=O) groups excluding carboxylic acids is 2. The van der Waals surface area contributed by atoms with Crippen molar-refractivity contribution < 1.29 is 14.0 Å². The number of hydrogen-bond donors (Lipinski definition) is 1. The predicted molar refractivity (Wildman–Crippen MR) is 130 cm³/mol. The van der Waals surface area contributed by atoms with E-state index in [2.05, 4.69) is 5.32 Å². The highest BCUT2D eigenvalue weighted by Crippen LogP contribution is 2.32. The molecule has 1 aromatic carbocycles. The van der Waals surface area contributed by atoms with Crippen LogP contribution in [0.4, 0.5) is 10.1 Å². The highest BCUT2D eigenvalue weighted by molar-refractivity contribution is 7.10. The van der Waals surface area contributed by atoms with Gasteiger partial charge in [-0.2, -0.15) is 0 Å². The van der Waals surface area contributed by atoms with Gasteiger partial charge in [0.2, 0.25) is 11.8 Å². The standard InChI is InChI=1S/C25H27ClFN3O2S/c1-29-13-5-10-22(29)24(25(32)28-17-7-3-2-4-8-17)30(18-11-12-21(27)20(26)15-18)23(31)16-19-9-6-14-33-19/h5-6,9-15,17,24H,2-4,7-8,16H2,1H3,(H,28,32). The van der Waals surface area contributed by atoms with Crippen molar-refractivity contribution >= 4 is 40.4 Å². The number of hydrogen-bond acceptors (Lipinski definition) is 3. The third kappa shape index (κ3) is 5.47. The number of benzene rings is 1. The lowest BCUT2D eigenvalue weighted by atomic mass is 9.95. The molecule has 0 aliphatic heterocycles. The Morgan fingerprint density at radius 2 is 2.00 bits per heavy atom. The smallest absolute Gasteiger partial charge is 0.249 e. The molecule has 33 heavy (non-hydrogen) atoms. The van der Waals surface area contributed by atoms with Crippen LogP contribution in [0, 0.1) is 5.82 Å². The van der Waals surface area contributed by atoms with Gasteiger partial charge in [0.15, 0.2) is 6.04 Å². The molecule has 2 aromatic heterocycles. The van der Waals surface area contributed by atoms with Crippen molar-refractivity contribution in [2.75, 3.05) is 4.90 Å². The molecule has 4 rings (SSSR count). The molecular weight excluding hydrogens is 461 g/mol. The van der Waals surface area contributed by atoms with Crippen LogP contribution in [0.2, 0.25) is 5.02 Å². The minimum Gasteiger partial charge on any atom is -0.352 e. The van der Waals surface area contributed by atoms with Gasteiger partial charge in [0.1, 0.15) is 5.82 Å². The minimum absolute atomic E-state index is 0.0834. The fourth-order valence-electron chi connectivity index (χ4n) is 4.39. The summed E-state index contributed by atoms with van der Waals surface area (Å²) in [6, 6.07) is 10.8. The maximum absolute atomic E-state index is 14.0. The normalized spacial score (nSPS) is 15.2. The number of thiophene rings is 1. The molecular formula is C25H27ClFN3O2S. The molecule has 0 radical (unpaired) electrons. The zero-order valence-electron chi connectivity index (χ0n) is 18.5. The number of aromatic nitrogens is 1. The average Bonchev–Trinajstić information content (AvgIpc) is 3.46. The summed E-state index contributed by atoms with van der Waals surface area (Å²) in [4.78, 5) is 29.7. The van der Waals surface area contributed by atoms with Crippen molar-refractivity contribution in [3.63, 3.8) is 0 Å². The van der Waals surface area contributed by atoms with Crippen LogP contribution in [0.5, 0.6) is 0 Å². The van der Waals surface area contributed by atoms with E-state index in [1.165, 1.54) is 40.9 Å². The van der Waals surface area contributed by atoms with Crippen molar-refractivity contribution in [3.05, 3.63) is 75.5 Å². The van der Waals surface area contributed by atoms with Gasteiger partial charge in [0.05, 0.1) is 17.1 Å². The second kappa shape index (κ2) is 10.5. The Labute approximate surface area is 202 Å². The van der Waals surface area contributed by atoms with E-state index in [1.54, 1.807) is 0 Å². The topological polar surface area (TPSA) is 54.3 Å². The van der Waals surface area contributed by atoms with E-state index in [-0.39, 0.29) is 29.3 Å². The number of carbonyl (C=O) groups is 2.